The third-order valence-corrected chi connectivity index (χ3v) is 5.62. The number of piperidine rings is 1. The van der Waals surface area contributed by atoms with Crippen LogP contribution in [0.4, 0.5) is 0 Å². The number of nitrogens with one attached hydrogen (secondary N) is 3. The molecule has 1 saturated carbocycles. The lowest BCUT2D eigenvalue weighted by atomic mass is 9.85. The highest BCUT2D eigenvalue weighted by atomic mass is 16.2. The van der Waals surface area contributed by atoms with E-state index in [1.165, 1.54) is 44.9 Å². The van der Waals surface area contributed by atoms with Gasteiger partial charge in [-0.2, -0.15) is 0 Å². The Morgan fingerprint density at radius 2 is 1.71 bits per heavy atom. The van der Waals surface area contributed by atoms with Crippen LogP contribution < -0.4 is 16.0 Å². The highest BCUT2D eigenvalue weighted by Crippen LogP contribution is 2.26. The van der Waals surface area contributed by atoms with Crippen molar-refractivity contribution in [2.24, 2.45) is 17.8 Å². The lowest BCUT2D eigenvalue weighted by molar-refractivity contribution is -0.124. The van der Waals surface area contributed by atoms with E-state index in [0.717, 1.165) is 13.1 Å². The number of carbonyl (C=O) groups is 2. The van der Waals surface area contributed by atoms with E-state index >= 15 is 0 Å². The molecule has 0 aromatic rings. The van der Waals surface area contributed by atoms with Gasteiger partial charge in [0, 0.05) is 25.9 Å². The predicted octanol–water partition coefficient (Wildman–Crippen LogP) is 2.21. The van der Waals surface area contributed by atoms with E-state index in [2.05, 4.69) is 22.9 Å². The first-order valence-corrected chi connectivity index (χ1v) is 9.89. The number of rotatable bonds is 8. The van der Waals surface area contributed by atoms with Gasteiger partial charge in [0.15, 0.2) is 0 Å². The summed E-state index contributed by atoms with van der Waals surface area (Å²) in [5, 5.41) is 9.28. The van der Waals surface area contributed by atoms with Gasteiger partial charge >= 0.3 is 0 Å². The molecule has 2 fully saturated rings. The van der Waals surface area contributed by atoms with Crippen molar-refractivity contribution in [3.8, 4) is 0 Å². The van der Waals surface area contributed by atoms with Crippen LogP contribution in [0.5, 0.6) is 0 Å². The molecule has 5 heteroatoms. The molecule has 0 aromatic heterocycles. The quantitative estimate of drug-likeness (QED) is 0.595. The fourth-order valence-electron chi connectivity index (χ4n) is 4.03. The Kier molecular flexibility index (Phi) is 8.57. The SMILES string of the molecule is CC(CC(=O)NCCNC(=O)CC1CCCCC1)C1CCCNC1. The summed E-state index contributed by atoms with van der Waals surface area (Å²) in [7, 11) is 0. The molecule has 2 atom stereocenters. The molecule has 1 saturated heterocycles. The molecule has 5 nitrogen and oxygen atoms in total. The van der Waals surface area contributed by atoms with Crippen LogP contribution in [0.15, 0.2) is 0 Å². The van der Waals surface area contributed by atoms with Crippen LogP contribution in [0.25, 0.3) is 0 Å². The van der Waals surface area contributed by atoms with Crippen LogP contribution >= 0.6 is 0 Å². The number of amides is 2. The minimum Gasteiger partial charge on any atom is -0.354 e. The third-order valence-electron chi connectivity index (χ3n) is 5.62. The third kappa shape index (κ3) is 7.20. The Hall–Kier alpha value is -1.10. The van der Waals surface area contributed by atoms with E-state index < -0.39 is 0 Å². The second-order valence-corrected chi connectivity index (χ2v) is 7.70. The number of hydrogen-bond donors (Lipinski definition) is 3. The van der Waals surface area contributed by atoms with Crippen LogP contribution in [-0.2, 0) is 9.59 Å². The molecule has 2 unspecified atom stereocenters. The van der Waals surface area contributed by atoms with Crippen molar-refractivity contribution in [3.63, 3.8) is 0 Å². The summed E-state index contributed by atoms with van der Waals surface area (Å²) < 4.78 is 0. The van der Waals surface area contributed by atoms with Crippen molar-refractivity contribution < 1.29 is 9.59 Å². The second kappa shape index (κ2) is 10.7. The predicted molar refractivity (Wildman–Crippen MR) is 96.6 cm³/mol. The van der Waals surface area contributed by atoms with Gasteiger partial charge in [0.05, 0.1) is 0 Å². The zero-order valence-electron chi connectivity index (χ0n) is 15.2. The molecule has 2 rings (SSSR count). The number of carbonyl (C=O) groups excluding carboxylic acids is 2. The smallest absolute Gasteiger partial charge is 0.220 e. The van der Waals surface area contributed by atoms with E-state index in [4.69, 9.17) is 0 Å². The Balaban J connectivity index is 1.51. The van der Waals surface area contributed by atoms with Crippen molar-refractivity contribution in [1.82, 2.24) is 16.0 Å². The average molecular weight is 338 g/mol. The molecule has 1 aliphatic heterocycles. The lowest BCUT2D eigenvalue weighted by Gasteiger charge is -2.28. The Labute approximate surface area is 146 Å². The Morgan fingerprint density at radius 1 is 1.00 bits per heavy atom. The molecule has 0 radical (unpaired) electrons. The highest BCUT2D eigenvalue weighted by Gasteiger charge is 2.22. The van der Waals surface area contributed by atoms with E-state index in [-0.39, 0.29) is 11.8 Å². The fourth-order valence-corrected chi connectivity index (χ4v) is 4.03. The lowest BCUT2D eigenvalue weighted by Crippen LogP contribution is -2.38. The van der Waals surface area contributed by atoms with Crippen LogP contribution in [0, 0.1) is 17.8 Å². The number of hydrogen-bond acceptors (Lipinski definition) is 3. The van der Waals surface area contributed by atoms with E-state index in [9.17, 15) is 9.59 Å². The molecule has 3 N–H and O–H groups in total. The summed E-state index contributed by atoms with van der Waals surface area (Å²) in [5.74, 6) is 1.84. The van der Waals surface area contributed by atoms with Gasteiger partial charge in [-0.15, -0.1) is 0 Å². The van der Waals surface area contributed by atoms with Gasteiger partial charge in [-0.1, -0.05) is 26.2 Å². The Morgan fingerprint density at radius 3 is 2.38 bits per heavy atom. The average Bonchev–Trinajstić information content (AvgIpc) is 2.60. The maximum Gasteiger partial charge on any atom is 0.220 e. The first-order valence-electron chi connectivity index (χ1n) is 9.89. The van der Waals surface area contributed by atoms with Gasteiger partial charge in [0.2, 0.25) is 11.8 Å². The zero-order chi connectivity index (χ0) is 17.2. The van der Waals surface area contributed by atoms with Gasteiger partial charge < -0.3 is 16.0 Å². The van der Waals surface area contributed by atoms with E-state index in [1.807, 2.05) is 0 Å². The van der Waals surface area contributed by atoms with Crippen LogP contribution in [0.3, 0.4) is 0 Å². The zero-order valence-corrected chi connectivity index (χ0v) is 15.2. The Bertz CT molecular complexity index is 388. The summed E-state index contributed by atoms with van der Waals surface area (Å²) in [5.41, 5.74) is 0. The van der Waals surface area contributed by atoms with Crippen molar-refractivity contribution in [3.05, 3.63) is 0 Å². The van der Waals surface area contributed by atoms with Crippen LogP contribution in [0.2, 0.25) is 0 Å². The van der Waals surface area contributed by atoms with Crippen molar-refractivity contribution >= 4 is 11.8 Å². The largest absolute Gasteiger partial charge is 0.354 e. The summed E-state index contributed by atoms with van der Waals surface area (Å²) in [6.07, 6.45) is 9.91. The van der Waals surface area contributed by atoms with E-state index in [0.29, 0.717) is 43.7 Å². The topological polar surface area (TPSA) is 70.2 Å². The molecule has 0 aromatic carbocycles. The standard InChI is InChI=1S/C19H35N3O2/c1-15(17-8-5-9-20-14-17)12-18(23)21-10-11-22-19(24)13-16-6-3-2-4-7-16/h15-17,20H,2-14H2,1H3,(H,21,23)(H,22,24). The summed E-state index contributed by atoms with van der Waals surface area (Å²) in [4.78, 5) is 23.9. The van der Waals surface area contributed by atoms with Gasteiger partial charge in [0.1, 0.15) is 0 Å². The molecule has 0 bridgehead atoms. The van der Waals surface area contributed by atoms with Crippen molar-refractivity contribution in [2.45, 2.75) is 64.7 Å². The molecule has 1 heterocycles. The minimum atomic E-state index is 0.106. The maximum absolute atomic E-state index is 12.0. The molecule has 24 heavy (non-hydrogen) atoms. The van der Waals surface area contributed by atoms with Crippen molar-refractivity contribution in [1.29, 1.82) is 0 Å². The molecular formula is C19H35N3O2. The highest BCUT2D eigenvalue weighted by molar-refractivity contribution is 5.77. The van der Waals surface area contributed by atoms with E-state index in [1.54, 1.807) is 0 Å². The summed E-state index contributed by atoms with van der Waals surface area (Å²) in [6.45, 7) is 5.38. The molecule has 138 valence electrons. The first-order chi connectivity index (χ1) is 11.6. The van der Waals surface area contributed by atoms with Gasteiger partial charge in [-0.3, -0.25) is 9.59 Å². The molecular weight excluding hydrogens is 302 g/mol. The molecule has 2 amide bonds. The van der Waals surface area contributed by atoms with Crippen molar-refractivity contribution in [2.75, 3.05) is 26.2 Å². The van der Waals surface area contributed by atoms with Gasteiger partial charge in [-0.05, 0) is 56.5 Å². The van der Waals surface area contributed by atoms with Crippen LogP contribution in [0.1, 0.15) is 64.7 Å². The fraction of sp³-hybridized carbons (Fsp3) is 0.895. The van der Waals surface area contributed by atoms with Gasteiger partial charge in [0.25, 0.3) is 0 Å². The normalized spacial score (nSPS) is 23.5. The first kappa shape index (κ1) is 19.2. The molecule has 0 spiro atoms. The maximum atomic E-state index is 12.0. The second-order valence-electron chi connectivity index (χ2n) is 7.70. The van der Waals surface area contributed by atoms with Gasteiger partial charge in [-0.25, -0.2) is 0 Å². The molecule has 1 aliphatic carbocycles. The monoisotopic (exact) mass is 337 g/mol. The van der Waals surface area contributed by atoms with Crippen LogP contribution in [-0.4, -0.2) is 38.0 Å². The molecule has 2 aliphatic rings. The summed E-state index contributed by atoms with van der Waals surface area (Å²) in [6, 6.07) is 0. The summed E-state index contributed by atoms with van der Waals surface area (Å²) >= 11 is 0. The minimum absolute atomic E-state index is 0.106.